The van der Waals surface area contributed by atoms with Gasteiger partial charge in [-0.2, -0.15) is 13.2 Å². The van der Waals surface area contributed by atoms with Gasteiger partial charge in [0, 0.05) is 18.6 Å². The van der Waals surface area contributed by atoms with Crippen LogP contribution in [0.4, 0.5) is 13.2 Å². The highest BCUT2D eigenvalue weighted by molar-refractivity contribution is 7.98. The number of pyridine rings is 2. The Labute approximate surface area is 203 Å². The molecule has 4 rings (SSSR count). The molecule has 4 aromatic rings. The van der Waals surface area contributed by atoms with E-state index in [9.17, 15) is 21.6 Å². The van der Waals surface area contributed by atoms with Crippen LogP contribution < -0.4 is 0 Å². The van der Waals surface area contributed by atoms with Crippen molar-refractivity contribution in [2.45, 2.75) is 18.0 Å². The van der Waals surface area contributed by atoms with Crippen LogP contribution in [0.5, 0.6) is 0 Å². The standard InChI is InChI=1S/C22H20F3N5O3S2/c1-4-35(31,32)18-8-14-6-5-13(10-27-33-12-34-3)7-16(14)28-19(18)21-29-17-9-15(22(23,24)25)11-26-20(17)30(21)2/h5-11H,4,12H2,1-3H3/b27-10+. The maximum Gasteiger partial charge on any atom is 0.417 e. The van der Waals surface area contributed by atoms with E-state index in [0.29, 0.717) is 22.4 Å². The molecule has 0 saturated carbocycles. The molecule has 13 heteroatoms. The monoisotopic (exact) mass is 523 g/mol. The second-order valence-corrected chi connectivity index (χ2v) is 10.6. The topological polar surface area (TPSA) is 99.3 Å². The lowest BCUT2D eigenvalue weighted by atomic mass is 10.1. The molecule has 8 nitrogen and oxygen atoms in total. The Hall–Kier alpha value is -3.19. The molecule has 0 spiro atoms. The van der Waals surface area contributed by atoms with E-state index in [2.05, 4.69) is 20.1 Å². The van der Waals surface area contributed by atoms with Gasteiger partial charge in [-0.05, 0) is 30.0 Å². The number of sulfone groups is 1. The Morgan fingerprint density at radius 1 is 1.17 bits per heavy atom. The lowest BCUT2D eigenvalue weighted by molar-refractivity contribution is -0.137. The van der Waals surface area contributed by atoms with Gasteiger partial charge >= 0.3 is 6.18 Å². The first-order chi connectivity index (χ1) is 16.5. The van der Waals surface area contributed by atoms with Gasteiger partial charge in [0.25, 0.3) is 0 Å². The van der Waals surface area contributed by atoms with Crippen LogP contribution in [-0.2, 0) is 27.9 Å². The molecule has 0 aliphatic rings. The van der Waals surface area contributed by atoms with E-state index in [1.165, 1.54) is 35.5 Å². The summed E-state index contributed by atoms with van der Waals surface area (Å²) in [6.45, 7) is 1.50. The lowest BCUT2D eigenvalue weighted by Crippen LogP contribution is -2.09. The number of nitrogens with zero attached hydrogens (tertiary/aromatic N) is 5. The van der Waals surface area contributed by atoms with E-state index in [-0.39, 0.29) is 33.3 Å². The summed E-state index contributed by atoms with van der Waals surface area (Å²) in [6, 6.07) is 7.54. The number of thioether (sulfide) groups is 1. The quantitative estimate of drug-likeness (QED) is 0.150. The number of hydrogen-bond donors (Lipinski definition) is 0. The molecule has 0 amide bonds. The molecule has 184 valence electrons. The van der Waals surface area contributed by atoms with Gasteiger partial charge in [0.2, 0.25) is 0 Å². The Morgan fingerprint density at radius 2 is 1.94 bits per heavy atom. The van der Waals surface area contributed by atoms with Gasteiger partial charge in [-0.25, -0.2) is 23.4 Å². The molecule has 0 atom stereocenters. The third-order valence-corrected chi connectivity index (χ3v) is 7.30. The normalized spacial score (nSPS) is 12.7. The molecule has 1 aromatic carbocycles. The fourth-order valence-corrected chi connectivity index (χ4v) is 4.64. The molecular formula is C22H20F3N5O3S2. The van der Waals surface area contributed by atoms with Crippen molar-refractivity contribution in [3.05, 3.63) is 47.7 Å². The molecular weight excluding hydrogens is 503 g/mol. The predicted molar refractivity (Wildman–Crippen MR) is 129 cm³/mol. The van der Waals surface area contributed by atoms with Crippen LogP contribution in [-0.4, -0.2) is 52.1 Å². The number of benzene rings is 1. The third kappa shape index (κ3) is 4.96. The number of aryl methyl sites for hydroxylation is 1. The molecule has 3 heterocycles. The molecule has 35 heavy (non-hydrogen) atoms. The number of rotatable bonds is 7. The summed E-state index contributed by atoms with van der Waals surface area (Å²) in [6.07, 6.45) is -0.491. The zero-order valence-corrected chi connectivity index (χ0v) is 20.5. The molecule has 0 fully saturated rings. The van der Waals surface area contributed by atoms with Crippen LogP contribution in [0.15, 0.2) is 46.6 Å². The minimum absolute atomic E-state index is 0.0223. The number of imidazole rings is 1. The molecule has 0 bridgehead atoms. The van der Waals surface area contributed by atoms with E-state index in [1.54, 1.807) is 25.2 Å². The first kappa shape index (κ1) is 24.9. The minimum Gasteiger partial charge on any atom is -0.385 e. The van der Waals surface area contributed by atoms with Crippen molar-refractivity contribution in [2.75, 3.05) is 17.9 Å². The minimum atomic E-state index is -4.59. The second-order valence-electron chi connectivity index (χ2n) is 7.52. The van der Waals surface area contributed by atoms with E-state index >= 15 is 0 Å². The molecule has 3 aromatic heterocycles. The molecule has 0 N–H and O–H groups in total. The molecule has 0 aliphatic heterocycles. The first-order valence-electron chi connectivity index (χ1n) is 10.3. The van der Waals surface area contributed by atoms with Gasteiger partial charge < -0.3 is 9.40 Å². The average Bonchev–Trinajstić information content (AvgIpc) is 3.16. The lowest BCUT2D eigenvalue weighted by Gasteiger charge is -2.11. The summed E-state index contributed by atoms with van der Waals surface area (Å²) < 4.78 is 66.8. The zero-order valence-electron chi connectivity index (χ0n) is 18.9. The van der Waals surface area contributed by atoms with Gasteiger partial charge in [-0.3, -0.25) is 0 Å². The molecule has 0 radical (unpaired) electrons. The van der Waals surface area contributed by atoms with Gasteiger partial charge in [0.05, 0.1) is 27.9 Å². The number of halogens is 3. The van der Waals surface area contributed by atoms with Gasteiger partial charge in [0.15, 0.2) is 27.2 Å². The van der Waals surface area contributed by atoms with Gasteiger partial charge in [-0.15, -0.1) is 11.8 Å². The number of alkyl halides is 3. The van der Waals surface area contributed by atoms with Crippen molar-refractivity contribution < 1.29 is 26.4 Å². The van der Waals surface area contributed by atoms with Gasteiger partial charge in [-0.1, -0.05) is 24.2 Å². The number of fused-ring (bicyclic) bond motifs is 2. The highest BCUT2D eigenvalue weighted by Gasteiger charge is 2.32. The van der Waals surface area contributed by atoms with Crippen LogP contribution in [0, 0.1) is 0 Å². The van der Waals surface area contributed by atoms with E-state index < -0.39 is 21.6 Å². The zero-order chi connectivity index (χ0) is 25.4. The van der Waals surface area contributed by atoms with Crippen molar-refractivity contribution in [3.8, 4) is 11.5 Å². The van der Waals surface area contributed by atoms with Crippen LogP contribution in [0.1, 0.15) is 18.1 Å². The third-order valence-electron chi connectivity index (χ3n) is 5.22. The van der Waals surface area contributed by atoms with Crippen molar-refractivity contribution >= 4 is 49.9 Å². The Balaban J connectivity index is 1.93. The Kier molecular flexibility index (Phi) is 6.73. The summed E-state index contributed by atoms with van der Waals surface area (Å²) in [4.78, 5) is 17.8. The maximum atomic E-state index is 13.2. The maximum absolute atomic E-state index is 13.2. The predicted octanol–water partition coefficient (Wildman–Crippen LogP) is 4.67. The van der Waals surface area contributed by atoms with Crippen molar-refractivity contribution in [1.29, 1.82) is 0 Å². The Bertz CT molecular complexity index is 1550. The van der Waals surface area contributed by atoms with Crippen LogP contribution in [0.2, 0.25) is 0 Å². The van der Waals surface area contributed by atoms with Crippen molar-refractivity contribution in [2.24, 2.45) is 12.2 Å². The summed E-state index contributed by atoms with van der Waals surface area (Å²) in [5.74, 6) is 0.287. The SMILES string of the molecule is CCS(=O)(=O)c1cc2ccc(/C=N/OCSC)cc2nc1-c1nc2cc(C(F)(F)F)cnc2n1C. The molecule has 0 aliphatic carbocycles. The van der Waals surface area contributed by atoms with Crippen molar-refractivity contribution in [3.63, 3.8) is 0 Å². The van der Waals surface area contributed by atoms with Crippen LogP contribution >= 0.6 is 11.8 Å². The summed E-state index contributed by atoms with van der Waals surface area (Å²) in [5.41, 5.74) is 0.355. The molecule has 0 unspecified atom stereocenters. The summed E-state index contributed by atoms with van der Waals surface area (Å²) in [7, 11) is -2.20. The fraction of sp³-hybridized carbons (Fsp3) is 0.273. The average molecular weight is 524 g/mol. The van der Waals surface area contributed by atoms with Crippen molar-refractivity contribution in [1.82, 2.24) is 19.5 Å². The van der Waals surface area contributed by atoms with Gasteiger partial charge in [0.1, 0.15) is 11.2 Å². The largest absolute Gasteiger partial charge is 0.417 e. The van der Waals surface area contributed by atoms with E-state index in [4.69, 9.17) is 4.84 Å². The highest BCUT2D eigenvalue weighted by Crippen LogP contribution is 2.34. The van der Waals surface area contributed by atoms with Crippen LogP contribution in [0.3, 0.4) is 0 Å². The smallest absolute Gasteiger partial charge is 0.385 e. The Morgan fingerprint density at radius 3 is 2.63 bits per heavy atom. The van der Waals surface area contributed by atoms with E-state index in [0.717, 1.165) is 12.3 Å². The first-order valence-corrected chi connectivity index (χ1v) is 13.3. The number of hydrogen-bond acceptors (Lipinski definition) is 8. The number of oxime groups is 1. The van der Waals surface area contributed by atoms with E-state index in [1.807, 2.05) is 6.26 Å². The number of aromatic nitrogens is 4. The fourth-order valence-electron chi connectivity index (χ4n) is 3.42. The second kappa shape index (κ2) is 9.46. The summed E-state index contributed by atoms with van der Waals surface area (Å²) >= 11 is 1.47. The van der Waals surface area contributed by atoms with Crippen LogP contribution in [0.25, 0.3) is 33.6 Å². The highest BCUT2D eigenvalue weighted by atomic mass is 32.2. The summed E-state index contributed by atoms with van der Waals surface area (Å²) in [5, 5.41) is 4.44. The molecule has 0 saturated heterocycles.